The van der Waals surface area contributed by atoms with Crippen LogP contribution in [-0.4, -0.2) is 48.2 Å². The molecule has 0 radical (unpaired) electrons. The predicted molar refractivity (Wildman–Crippen MR) is 120 cm³/mol. The second-order valence-electron chi connectivity index (χ2n) is 8.00. The van der Waals surface area contributed by atoms with E-state index < -0.39 is 27.7 Å². The number of aryl methyl sites for hydroxylation is 1. The zero-order chi connectivity index (χ0) is 24.0. The zero-order valence-corrected chi connectivity index (χ0v) is 18.8. The number of hydrogen-bond donors (Lipinski definition) is 2. The molecule has 4 rings (SSSR count). The van der Waals surface area contributed by atoms with Crippen molar-refractivity contribution in [2.45, 2.75) is 26.2 Å². The van der Waals surface area contributed by atoms with E-state index in [1.807, 2.05) is 4.90 Å². The summed E-state index contributed by atoms with van der Waals surface area (Å²) in [5, 5.41) is 12.6. The molecule has 0 amide bonds. The van der Waals surface area contributed by atoms with E-state index in [1.165, 1.54) is 19.1 Å². The van der Waals surface area contributed by atoms with Gasteiger partial charge in [-0.25, -0.2) is 13.4 Å². The molecule has 1 saturated heterocycles. The van der Waals surface area contributed by atoms with Gasteiger partial charge in [-0.2, -0.15) is 18.3 Å². The third-order valence-electron chi connectivity index (χ3n) is 5.81. The number of nitrogens with zero attached hydrogens (tertiary/aromatic N) is 4. The molecule has 1 aromatic carbocycles. The van der Waals surface area contributed by atoms with Gasteiger partial charge >= 0.3 is 6.18 Å². The molecule has 1 aliphatic heterocycles. The lowest BCUT2D eigenvalue weighted by atomic mass is 10.00. The Kier molecular flexibility index (Phi) is 5.91. The number of nitrogens with two attached hydrogens (primary N) is 1. The maximum Gasteiger partial charge on any atom is 0.416 e. The van der Waals surface area contributed by atoms with Crippen LogP contribution >= 0.6 is 0 Å². The van der Waals surface area contributed by atoms with Gasteiger partial charge in [-0.3, -0.25) is 0 Å². The largest absolute Gasteiger partial charge is 0.416 e. The van der Waals surface area contributed by atoms with Gasteiger partial charge in [-0.05, 0) is 37.1 Å². The van der Waals surface area contributed by atoms with Crippen molar-refractivity contribution in [2.75, 3.05) is 34.8 Å². The number of aromatic nitrogens is 3. The fraction of sp³-hybridized carbons (Fsp3) is 0.381. The maximum atomic E-state index is 13.3. The van der Waals surface area contributed by atoms with Crippen LogP contribution in [0.15, 0.2) is 30.5 Å². The van der Waals surface area contributed by atoms with Gasteiger partial charge in [0, 0.05) is 30.1 Å². The minimum Gasteiger partial charge on any atom is -0.355 e. The topological polar surface area (TPSA) is 114 Å². The van der Waals surface area contributed by atoms with Crippen LogP contribution < -0.4 is 16.0 Å². The van der Waals surface area contributed by atoms with E-state index in [0.717, 1.165) is 6.07 Å². The number of fused-ring (bicyclic) bond motifs is 1. The number of benzene rings is 1. The van der Waals surface area contributed by atoms with Gasteiger partial charge < -0.3 is 16.0 Å². The number of sulfone groups is 1. The Balaban J connectivity index is 1.69. The van der Waals surface area contributed by atoms with Crippen molar-refractivity contribution < 1.29 is 21.6 Å². The Labute approximate surface area is 188 Å². The Bertz CT molecular complexity index is 1300. The maximum absolute atomic E-state index is 13.3. The first-order valence-electron chi connectivity index (χ1n) is 10.2. The normalized spacial score (nSPS) is 17.2. The molecule has 12 heteroatoms. The van der Waals surface area contributed by atoms with Gasteiger partial charge in [0.05, 0.1) is 22.8 Å². The van der Waals surface area contributed by atoms with Crippen molar-refractivity contribution in [1.29, 1.82) is 0 Å². The fourth-order valence-corrected chi connectivity index (χ4v) is 5.11. The molecule has 8 nitrogen and oxygen atoms in total. The number of anilines is 2. The monoisotopic (exact) mass is 480 g/mol. The van der Waals surface area contributed by atoms with Crippen molar-refractivity contribution in [3.63, 3.8) is 0 Å². The molecule has 0 spiro atoms. The van der Waals surface area contributed by atoms with E-state index in [0.29, 0.717) is 41.2 Å². The molecule has 176 valence electrons. The number of alkyl halides is 3. The lowest BCUT2D eigenvalue weighted by Gasteiger charge is -2.28. The number of halogens is 3. The molecule has 1 atom stereocenters. The summed E-state index contributed by atoms with van der Waals surface area (Å²) in [5.74, 6) is 0.973. The average Bonchev–Trinajstić information content (AvgIpc) is 2.75. The van der Waals surface area contributed by atoms with Gasteiger partial charge in [0.15, 0.2) is 15.7 Å². The van der Waals surface area contributed by atoms with E-state index in [4.69, 9.17) is 5.73 Å². The third kappa shape index (κ3) is 4.71. The molecule has 3 aromatic rings. The lowest BCUT2D eigenvalue weighted by Crippen LogP contribution is -2.40. The van der Waals surface area contributed by atoms with Crippen LogP contribution in [0.5, 0.6) is 0 Å². The first-order chi connectivity index (χ1) is 15.5. The van der Waals surface area contributed by atoms with Gasteiger partial charge in [-0.15, -0.1) is 5.10 Å². The third-order valence-corrected chi connectivity index (χ3v) is 7.42. The summed E-state index contributed by atoms with van der Waals surface area (Å²) in [7, 11) is -3.05. The van der Waals surface area contributed by atoms with E-state index in [-0.39, 0.29) is 22.6 Å². The van der Waals surface area contributed by atoms with Gasteiger partial charge in [0.1, 0.15) is 12.0 Å². The fourth-order valence-electron chi connectivity index (χ4n) is 3.90. The molecule has 0 aliphatic carbocycles. The number of rotatable bonds is 4. The average molecular weight is 481 g/mol. The van der Waals surface area contributed by atoms with Crippen LogP contribution in [0.3, 0.4) is 0 Å². The first kappa shape index (κ1) is 23.2. The van der Waals surface area contributed by atoms with Crippen molar-refractivity contribution >= 4 is 32.2 Å². The van der Waals surface area contributed by atoms with E-state index in [9.17, 15) is 21.6 Å². The van der Waals surface area contributed by atoms with Gasteiger partial charge in [0.25, 0.3) is 0 Å². The highest BCUT2D eigenvalue weighted by Crippen LogP contribution is 2.35. The molecule has 0 unspecified atom stereocenters. The standard InChI is InChI=1S/C21H23F3N6O2S/c1-12-14(4-3-5-17(12)21(22,23)24)19(25)27-20-15-10-18(26-11-16(15)13(2)28-29-20)30-6-8-33(31,32)9-7-30/h3-5,10-11,19H,6-9,25H2,1-2H3,(H,27,29)/t19-/m0/s1. The quantitative estimate of drug-likeness (QED) is 0.548. The predicted octanol–water partition coefficient (Wildman–Crippen LogP) is 2.96. The highest BCUT2D eigenvalue weighted by atomic mass is 32.2. The van der Waals surface area contributed by atoms with E-state index in [1.54, 1.807) is 19.2 Å². The molecule has 1 aliphatic rings. The minimum absolute atomic E-state index is 0.0336. The second kappa shape index (κ2) is 8.41. The van der Waals surface area contributed by atoms with Gasteiger partial charge in [0.2, 0.25) is 0 Å². The minimum atomic E-state index is -4.49. The van der Waals surface area contributed by atoms with Crippen LogP contribution in [0.2, 0.25) is 0 Å². The first-order valence-corrected chi connectivity index (χ1v) is 12.1. The summed E-state index contributed by atoms with van der Waals surface area (Å²) in [6, 6.07) is 5.64. The SMILES string of the molecule is Cc1c([C@@H](N)Nc2nnc(C)c3cnc(N4CCS(=O)(=O)CC4)cc23)cccc1C(F)(F)F. The Morgan fingerprint density at radius 1 is 1.12 bits per heavy atom. The smallest absolute Gasteiger partial charge is 0.355 e. The summed E-state index contributed by atoms with van der Waals surface area (Å²) in [6.07, 6.45) is -3.83. The highest BCUT2D eigenvalue weighted by molar-refractivity contribution is 7.91. The zero-order valence-electron chi connectivity index (χ0n) is 18.0. The molecule has 0 bridgehead atoms. The molecule has 2 aromatic heterocycles. The summed E-state index contributed by atoms with van der Waals surface area (Å²) in [4.78, 5) is 6.32. The highest BCUT2D eigenvalue weighted by Gasteiger charge is 2.33. The van der Waals surface area contributed by atoms with Crippen LogP contribution in [0, 0.1) is 13.8 Å². The molecule has 3 N–H and O–H groups in total. The van der Waals surface area contributed by atoms with Crippen molar-refractivity contribution in [1.82, 2.24) is 15.2 Å². The summed E-state index contributed by atoms with van der Waals surface area (Å²) >= 11 is 0. The second-order valence-corrected chi connectivity index (χ2v) is 10.3. The Morgan fingerprint density at radius 3 is 2.48 bits per heavy atom. The van der Waals surface area contributed by atoms with Crippen molar-refractivity contribution in [2.24, 2.45) is 5.73 Å². The Hall–Kier alpha value is -2.99. The summed E-state index contributed by atoms with van der Waals surface area (Å²) in [6.45, 7) is 3.80. The van der Waals surface area contributed by atoms with Crippen LogP contribution in [-0.2, 0) is 16.0 Å². The number of pyridine rings is 1. The molecule has 33 heavy (non-hydrogen) atoms. The molecule has 0 saturated carbocycles. The lowest BCUT2D eigenvalue weighted by molar-refractivity contribution is -0.138. The van der Waals surface area contributed by atoms with E-state index in [2.05, 4.69) is 20.5 Å². The number of nitrogens with one attached hydrogen (secondary N) is 1. The van der Waals surface area contributed by atoms with Gasteiger partial charge in [-0.1, -0.05) is 12.1 Å². The summed E-state index contributed by atoms with van der Waals surface area (Å²) < 4.78 is 63.4. The molecule has 3 heterocycles. The molecular weight excluding hydrogens is 457 g/mol. The van der Waals surface area contributed by atoms with Crippen LogP contribution in [0.25, 0.3) is 10.8 Å². The molecular formula is C21H23F3N6O2S. The molecule has 1 fully saturated rings. The summed E-state index contributed by atoms with van der Waals surface area (Å²) in [5.41, 5.74) is 6.44. The van der Waals surface area contributed by atoms with Crippen molar-refractivity contribution in [3.05, 3.63) is 52.8 Å². The number of hydrogen-bond acceptors (Lipinski definition) is 8. The van der Waals surface area contributed by atoms with Crippen LogP contribution in [0.4, 0.5) is 24.8 Å². The Morgan fingerprint density at radius 2 is 1.82 bits per heavy atom. The van der Waals surface area contributed by atoms with Crippen LogP contribution in [0.1, 0.15) is 28.6 Å². The van der Waals surface area contributed by atoms with Crippen molar-refractivity contribution in [3.8, 4) is 0 Å². The van der Waals surface area contributed by atoms with E-state index >= 15 is 0 Å².